The molecule has 0 saturated carbocycles. The van der Waals surface area contributed by atoms with Crippen molar-refractivity contribution in [3.8, 4) is 5.75 Å². The molecule has 0 atom stereocenters. The summed E-state index contributed by atoms with van der Waals surface area (Å²) in [4.78, 5) is 14.2. The van der Waals surface area contributed by atoms with Gasteiger partial charge in [-0.2, -0.15) is 0 Å². The molecule has 1 heterocycles. The lowest BCUT2D eigenvalue weighted by Gasteiger charge is -2.47. The third-order valence-electron chi connectivity index (χ3n) is 4.18. The first-order valence-electron chi connectivity index (χ1n) is 7.33. The Morgan fingerprint density at radius 1 is 1.29 bits per heavy atom. The summed E-state index contributed by atoms with van der Waals surface area (Å²) in [6.07, 6.45) is 1.93. The van der Waals surface area contributed by atoms with Crippen molar-refractivity contribution in [2.45, 2.75) is 25.3 Å². The van der Waals surface area contributed by atoms with Crippen LogP contribution in [-0.4, -0.2) is 34.5 Å². The normalized spacial score (nSPS) is 16.8. The average Bonchev–Trinajstić information content (AvgIpc) is 2.45. The summed E-state index contributed by atoms with van der Waals surface area (Å²) in [5.74, 6) is -0.0847. The highest BCUT2D eigenvalue weighted by Crippen LogP contribution is 2.32. The molecule has 3 N–H and O–H groups in total. The quantitative estimate of drug-likeness (QED) is 0.910. The molecule has 0 spiro atoms. The zero-order valence-corrected chi connectivity index (χ0v) is 12.2. The molecule has 1 aliphatic rings. The molecular weight excluding hydrogens is 264 g/mol. The fourth-order valence-electron chi connectivity index (χ4n) is 3.11. The zero-order chi connectivity index (χ0) is 15.0. The highest BCUT2D eigenvalue weighted by Gasteiger charge is 2.41. The van der Waals surface area contributed by atoms with Crippen LogP contribution in [-0.2, 0) is 0 Å². The molecule has 0 aromatic heterocycles. The van der Waals surface area contributed by atoms with Crippen molar-refractivity contribution >= 4 is 16.7 Å². The number of amides is 1. The lowest BCUT2D eigenvalue weighted by molar-refractivity contribution is 0.0384. The number of phenols is 1. The molecular formula is C17H20N2O2. The Kier molecular flexibility index (Phi) is 3.33. The van der Waals surface area contributed by atoms with E-state index in [2.05, 4.69) is 6.92 Å². The molecule has 0 bridgehead atoms. The standard InChI is InChI=1S/C17H20N2O2/c1-2-9-17(18)10-19(11-17)16(21)14-8-7-12-5-3-4-6-13(12)15(14)20/h3-8,20H,2,9-11,18H2,1H3. The number of likely N-dealkylation sites (tertiary alicyclic amines) is 1. The van der Waals surface area contributed by atoms with Crippen molar-refractivity contribution in [2.75, 3.05) is 13.1 Å². The number of hydrogen-bond acceptors (Lipinski definition) is 3. The second-order valence-corrected chi connectivity index (χ2v) is 5.96. The maximum absolute atomic E-state index is 12.5. The number of phenolic OH excluding ortho intramolecular Hbond substituents is 1. The van der Waals surface area contributed by atoms with Crippen LogP contribution in [0.1, 0.15) is 30.1 Å². The van der Waals surface area contributed by atoms with Gasteiger partial charge in [-0.1, -0.05) is 43.7 Å². The second kappa shape index (κ2) is 5.04. The van der Waals surface area contributed by atoms with Crippen LogP contribution < -0.4 is 5.73 Å². The van der Waals surface area contributed by atoms with E-state index >= 15 is 0 Å². The Labute approximate surface area is 124 Å². The highest BCUT2D eigenvalue weighted by atomic mass is 16.3. The molecule has 3 rings (SSSR count). The minimum absolute atomic E-state index is 0.0584. The van der Waals surface area contributed by atoms with Crippen molar-refractivity contribution in [3.63, 3.8) is 0 Å². The molecule has 1 fully saturated rings. The molecule has 4 nitrogen and oxygen atoms in total. The summed E-state index contributed by atoms with van der Waals surface area (Å²) in [5, 5.41) is 12.0. The Morgan fingerprint density at radius 3 is 2.71 bits per heavy atom. The summed E-state index contributed by atoms with van der Waals surface area (Å²) in [6.45, 7) is 3.21. The Balaban J connectivity index is 1.85. The van der Waals surface area contributed by atoms with Crippen LogP contribution in [0.25, 0.3) is 10.8 Å². The van der Waals surface area contributed by atoms with E-state index in [1.165, 1.54) is 0 Å². The van der Waals surface area contributed by atoms with Crippen molar-refractivity contribution in [2.24, 2.45) is 5.73 Å². The lowest BCUT2D eigenvalue weighted by Crippen LogP contribution is -2.68. The molecule has 0 radical (unpaired) electrons. The molecule has 4 heteroatoms. The third-order valence-corrected chi connectivity index (χ3v) is 4.18. The zero-order valence-electron chi connectivity index (χ0n) is 12.2. The van der Waals surface area contributed by atoms with Crippen LogP contribution in [0.15, 0.2) is 36.4 Å². The molecule has 110 valence electrons. The van der Waals surface area contributed by atoms with Gasteiger partial charge in [-0.25, -0.2) is 0 Å². The van der Waals surface area contributed by atoms with E-state index in [1.807, 2.05) is 30.3 Å². The second-order valence-electron chi connectivity index (χ2n) is 5.96. The number of nitrogens with two attached hydrogens (primary N) is 1. The van der Waals surface area contributed by atoms with Gasteiger partial charge in [0.15, 0.2) is 0 Å². The lowest BCUT2D eigenvalue weighted by atomic mass is 9.86. The van der Waals surface area contributed by atoms with Crippen LogP contribution in [0.2, 0.25) is 0 Å². The van der Waals surface area contributed by atoms with E-state index in [0.29, 0.717) is 24.0 Å². The maximum Gasteiger partial charge on any atom is 0.257 e. The topological polar surface area (TPSA) is 66.6 Å². The van der Waals surface area contributed by atoms with Gasteiger partial charge in [-0.3, -0.25) is 4.79 Å². The Morgan fingerprint density at radius 2 is 2.00 bits per heavy atom. The monoisotopic (exact) mass is 284 g/mol. The molecule has 21 heavy (non-hydrogen) atoms. The molecule has 1 aliphatic heterocycles. The summed E-state index contributed by atoms with van der Waals surface area (Å²) in [6, 6.07) is 11.1. The predicted molar refractivity (Wildman–Crippen MR) is 83.3 cm³/mol. The molecule has 1 amide bonds. The number of aromatic hydroxyl groups is 1. The molecule has 2 aromatic carbocycles. The van der Waals surface area contributed by atoms with Crippen molar-refractivity contribution in [1.29, 1.82) is 0 Å². The number of hydrogen-bond donors (Lipinski definition) is 2. The first-order chi connectivity index (χ1) is 10.0. The Hall–Kier alpha value is -2.07. The van der Waals surface area contributed by atoms with E-state index in [9.17, 15) is 9.90 Å². The van der Waals surface area contributed by atoms with Crippen LogP contribution in [0.4, 0.5) is 0 Å². The fourth-order valence-corrected chi connectivity index (χ4v) is 3.11. The predicted octanol–water partition coefficient (Wildman–Crippen LogP) is 2.50. The number of rotatable bonds is 3. The van der Waals surface area contributed by atoms with E-state index in [0.717, 1.165) is 18.2 Å². The van der Waals surface area contributed by atoms with Crippen LogP contribution >= 0.6 is 0 Å². The Bertz CT molecular complexity index is 690. The van der Waals surface area contributed by atoms with Gasteiger partial charge in [-0.15, -0.1) is 0 Å². The van der Waals surface area contributed by atoms with Gasteiger partial charge < -0.3 is 15.7 Å². The first kappa shape index (κ1) is 13.9. The van der Waals surface area contributed by atoms with E-state index < -0.39 is 0 Å². The SMILES string of the molecule is CCCC1(N)CN(C(=O)c2ccc3ccccc3c2O)C1. The largest absolute Gasteiger partial charge is 0.506 e. The highest BCUT2D eigenvalue weighted by molar-refractivity contribution is 6.03. The minimum Gasteiger partial charge on any atom is -0.506 e. The molecule has 0 unspecified atom stereocenters. The van der Waals surface area contributed by atoms with Gasteiger partial charge in [0.05, 0.1) is 11.1 Å². The number of fused-ring (bicyclic) bond motifs is 1. The number of nitrogens with zero attached hydrogens (tertiary/aromatic N) is 1. The average molecular weight is 284 g/mol. The van der Waals surface area contributed by atoms with Gasteiger partial charge >= 0.3 is 0 Å². The third kappa shape index (κ3) is 2.36. The minimum atomic E-state index is -0.253. The van der Waals surface area contributed by atoms with Gasteiger partial charge in [0.25, 0.3) is 5.91 Å². The summed E-state index contributed by atoms with van der Waals surface area (Å²) in [5.41, 5.74) is 6.29. The van der Waals surface area contributed by atoms with Gasteiger partial charge in [0.1, 0.15) is 5.75 Å². The summed E-state index contributed by atoms with van der Waals surface area (Å²) >= 11 is 0. The first-order valence-corrected chi connectivity index (χ1v) is 7.33. The van der Waals surface area contributed by atoms with Gasteiger partial charge in [0, 0.05) is 18.5 Å². The van der Waals surface area contributed by atoms with Crippen molar-refractivity contribution in [3.05, 3.63) is 42.0 Å². The van der Waals surface area contributed by atoms with E-state index in [4.69, 9.17) is 5.73 Å². The smallest absolute Gasteiger partial charge is 0.257 e. The van der Waals surface area contributed by atoms with Crippen LogP contribution in [0.5, 0.6) is 5.75 Å². The number of carbonyl (C=O) groups excluding carboxylic acids is 1. The number of carbonyl (C=O) groups is 1. The number of benzene rings is 2. The van der Waals surface area contributed by atoms with Gasteiger partial charge in [0.2, 0.25) is 0 Å². The maximum atomic E-state index is 12.5. The van der Waals surface area contributed by atoms with E-state index in [1.54, 1.807) is 11.0 Å². The summed E-state index contributed by atoms with van der Waals surface area (Å²) in [7, 11) is 0. The molecule has 2 aromatic rings. The molecule has 1 saturated heterocycles. The summed E-state index contributed by atoms with van der Waals surface area (Å²) < 4.78 is 0. The molecule has 0 aliphatic carbocycles. The van der Waals surface area contributed by atoms with Gasteiger partial charge in [-0.05, 0) is 17.9 Å². The van der Waals surface area contributed by atoms with Crippen molar-refractivity contribution in [1.82, 2.24) is 4.90 Å². The van der Waals surface area contributed by atoms with E-state index in [-0.39, 0.29) is 17.2 Å². The van der Waals surface area contributed by atoms with Crippen LogP contribution in [0, 0.1) is 0 Å². The van der Waals surface area contributed by atoms with Crippen LogP contribution in [0.3, 0.4) is 0 Å². The van der Waals surface area contributed by atoms with Crippen molar-refractivity contribution < 1.29 is 9.90 Å². The fraction of sp³-hybridized carbons (Fsp3) is 0.353.